The van der Waals surface area contributed by atoms with Gasteiger partial charge in [0.1, 0.15) is 15.6 Å². The van der Waals surface area contributed by atoms with Crippen molar-refractivity contribution in [2.75, 3.05) is 25.2 Å². The van der Waals surface area contributed by atoms with Gasteiger partial charge in [0, 0.05) is 5.75 Å². The number of hydrogen-bond acceptors (Lipinski definition) is 4. The second-order valence-corrected chi connectivity index (χ2v) is 7.51. The van der Waals surface area contributed by atoms with Crippen LogP contribution in [0.5, 0.6) is 5.75 Å². The molecule has 1 aromatic rings. The molecule has 20 heavy (non-hydrogen) atoms. The first-order valence-corrected chi connectivity index (χ1v) is 8.86. The number of methoxy groups -OCH3 is 1. The number of benzene rings is 1. The summed E-state index contributed by atoms with van der Waals surface area (Å²) in [6, 6.07) is 7.93. The maximum atomic E-state index is 11.5. The molecule has 2 N–H and O–H groups in total. The molecule has 0 spiro atoms. The standard InChI is InChI=1S/C15H25NO3S/c1-3-20(17,18)9-5-7-14(12-16)10-13-6-4-8-15(11-13)19-2/h4,6,8,11,14H,3,5,7,9-10,12,16H2,1-2H3. The zero-order valence-corrected chi connectivity index (χ0v) is 13.2. The summed E-state index contributed by atoms with van der Waals surface area (Å²) in [6.07, 6.45) is 2.38. The van der Waals surface area contributed by atoms with Crippen LogP contribution in [0, 0.1) is 5.92 Å². The third kappa shape index (κ3) is 5.92. The molecule has 0 aliphatic carbocycles. The van der Waals surface area contributed by atoms with E-state index >= 15 is 0 Å². The van der Waals surface area contributed by atoms with Gasteiger partial charge in [0.25, 0.3) is 0 Å². The van der Waals surface area contributed by atoms with Crippen molar-refractivity contribution in [1.29, 1.82) is 0 Å². The molecule has 0 aliphatic heterocycles. The van der Waals surface area contributed by atoms with Crippen LogP contribution >= 0.6 is 0 Å². The van der Waals surface area contributed by atoms with Gasteiger partial charge >= 0.3 is 0 Å². The van der Waals surface area contributed by atoms with Crippen LogP contribution in [0.2, 0.25) is 0 Å². The van der Waals surface area contributed by atoms with Gasteiger partial charge in [-0.25, -0.2) is 8.42 Å². The first-order chi connectivity index (χ1) is 9.50. The fourth-order valence-electron chi connectivity index (χ4n) is 2.17. The van der Waals surface area contributed by atoms with Gasteiger partial charge in [0.05, 0.1) is 12.9 Å². The van der Waals surface area contributed by atoms with E-state index in [2.05, 4.69) is 0 Å². The van der Waals surface area contributed by atoms with Crippen molar-refractivity contribution in [3.8, 4) is 5.75 Å². The molecule has 0 fully saturated rings. The summed E-state index contributed by atoms with van der Waals surface area (Å²) in [5.74, 6) is 1.63. The lowest BCUT2D eigenvalue weighted by atomic mass is 9.95. The number of rotatable bonds is 9. The van der Waals surface area contributed by atoms with Crippen molar-refractivity contribution in [1.82, 2.24) is 0 Å². The van der Waals surface area contributed by atoms with Gasteiger partial charge in [0.15, 0.2) is 0 Å². The lowest BCUT2D eigenvalue weighted by Crippen LogP contribution is -2.18. The van der Waals surface area contributed by atoms with Crippen LogP contribution in [-0.4, -0.2) is 33.6 Å². The Balaban J connectivity index is 2.50. The topological polar surface area (TPSA) is 69.4 Å². The van der Waals surface area contributed by atoms with E-state index in [0.717, 1.165) is 18.6 Å². The minimum atomic E-state index is -2.87. The predicted octanol–water partition coefficient (Wildman–Crippen LogP) is 2.03. The highest BCUT2D eigenvalue weighted by molar-refractivity contribution is 7.91. The van der Waals surface area contributed by atoms with E-state index in [1.165, 1.54) is 5.56 Å². The van der Waals surface area contributed by atoms with Gasteiger partial charge in [0.2, 0.25) is 0 Å². The Kier molecular flexibility index (Phi) is 7.02. The highest BCUT2D eigenvalue weighted by Gasteiger charge is 2.12. The van der Waals surface area contributed by atoms with Crippen LogP contribution < -0.4 is 10.5 Å². The van der Waals surface area contributed by atoms with Crippen LogP contribution in [0.25, 0.3) is 0 Å². The molecule has 1 rings (SSSR count). The Bertz CT molecular complexity index is 500. The van der Waals surface area contributed by atoms with Crippen LogP contribution in [-0.2, 0) is 16.3 Å². The van der Waals surface area contributed by atoms with Crippen LogP contribution in [0.3, 0.4) is 0 Å². The lowest BCUT2D eigenvalue weighted by Gasteiger charge is -2.15. The molecule has 0 saturated heterocycles. The van der Waals surface area contributed by atoms with E-state index in [1.807, 2.05) is 24.3 Å². The van der Waals surface area contributed by atoms with Gasteiger partial charge in [-0.15, -0.1) is 0 Å². The van der Waals surface area contributed by atoms with Crippen molar-refractivity contribution in [3.63, 3.8) is 0 Å². The molecule has 1 aromatic carbocycles. The molecule has 114 valence electrons. The fourth-order valence-corrected chi connectivity index (χ4v) is 3.07. The Labute approximate surface area is 122 Å². The summed E-state index contributed by atoms with van der Waals surface area (Å²) in [5.41, 5.74) is 6.97. The number of hydrogen-bond donors (Lipinski definition) is 1. The summed E-state index contributed by atoms with van der Waals surface area (Å²) >= 11 is 0. The van der Waals surface area contributed by atoms with Crippen LogP contribution in [0.1, 0.15) is 25.3 Å². The van der Waals surface area contributed by atoms with Crippen molar-refractivity contribution >= 4 is 9.84 Å². The number of ether oxygens (including phenoxy) is 1. The smallest absolute Gasteiger partial charge is 0.150 e. The minimum Gasteiger partial charge on any atom is -0.497 e. The number of nitrogens with two attached hydrogens (primary N) is 1. The summed E-state index contributed by atoms with van der Waals surface area (Å²) < 4.78 is 28.1. The summed E-state index contributed by atoms with van der Waals surface area (Å²) in [7, 11) is -1.22. The molecule has 0 bridgehead atoms. The van der Waals surface area contributed by atoms with Gasteiger partial charge < -0.3 is 10.5 Å². The lowest BCUT2D eigenvalue weighted by molar-refractivity contribution is 0.413. The van der Waals surface area contributed by atoms with Gasteiger partial charge in [-0.05, 0) is 49.4 Å². The number of sulfone groups is 1. The molecular formula is C15H25NO3S. The van der Waals surface area contributed by atoms with E-state index in [4.69, 9.17) is 10.5 Å². The van der Waals surface area contributed by atoms with Gasteiger partial charge in [-0.2, -0.15) is 0 Å². The molecule has 5 heteroatoms. The molecule has 0 saturated carbocycles. The quantitative estimate of drug-likeness (QED) is 0.757. The molecule has 0 radical (unpaired) electrons. The van der Waals surface area contributed by atoms with Crippen molar-refractivity contribution in [2.24, 2.45) is 11.7 Å². The van der Waals surface area contributed by atoms with E-state index in [9.17, 15) is 8.42 Å². The second-order valence-electron chi connectivity index (χ2n) is 5.04. The summed E-state index contributed by atoms with van der Waals surface area (Å²) in [5, 5.41) is 0. The third-order valence-electron chi connectivity index (χ3n) is 3.50. The summed E-state index contributed by atoms with van der Waals surface area (Å²) in [6.45, 7) is 2.26. The normalized spacial score (nSPS) is 13.2. The van der Waals surface area contributed by atoms with Crippen molar-refractivity contribution in [3.05, 3.63) is 29.8 Å². The Morgan fingerprint density at radius 3 is 2.70 bits per heavy atom. The monoisotopic (exact) mass is 299 g/mol. The van der Waals surface area contributed by atoms with Crippen LogP contribution in [0.15, 0.2) is 24.3 Å². The van der Waals surface area contributed by atoms with Gasteiger partial charge in [-0.1, -0.05) is 19.1 Å². The second kappa shape index (κ2) is 8.27. The largest absolute Gasteiger partial charge is 0.497 e. The maximum absolute atomic E-state index is 11.5. The van der Waals surface area contributed by atoms with Crippen molar-refractivity contribution in [2.45, 2.75) is 26.2 Å². The SMILES string of the molecule is CCS(=O)(=O)CCCC(CN)Cc1cccc(OC)c1. The molecular weight excluding hydrogens is 274 g/mol. The molecule has 0 aliphatic rings. The van der Waals surface area contributed by atoms with E-state index in [0.29, 0.717) is 18.9 Å². The summed E-state index contributed by atoms with van der Waals surface area (Å²) in [4.78, 5) is 0. The molecule has 0 amide bonds. The van der Waals surface area contributed by atoms with Crippen molar-refractivity contribution < 1.29 is 13.2 Å². The minimum absolute atomic E-state index is 0.218. The highest BCUT2D eigenvalue weighted by Crippen LogP contribution is 2.18. The molecule has 4 nitrogen and oxygen atoms in total. The Hall–Kier alpha value is -1.07. The average molecular weight is 299 g/mol. The first-order valence-electron chi connectivity index (χ1n) is 7.04. The zero-order valence-electron chi connectivity index (χ0n) is 12.3. The molecule has 1 unspecified atom stereocenters. The van der Waals surface area contributed by atoms with Crippen LogP contribution in [0.4, 0.5) is 0 Å². The maximum Gasteiger partial charge on any atom is 0.150 e. The van der Waals surface area contributed by atoms with E-state index < -0.39 is 9.84 Å². The zero-order chi connectivity index (χ0) is 15.0. The molecule has 1 atom stereocenters. The van der Waals surface area contributed by atoms with E-state index in [1.54, 1.807) is 14.0 Å². The Morgan fingerprint density at radius 1 is 1.35 bits per heavy atom. The Morgan fingerprint density at radius 2 is 2.10 bits per heavy atom. The van der Waals surface area contributed by atoms with Gasteiger partial charge in [-0.3, -0.25) is 0 Å². The third-order valence-corrected chi connectivity index (χ3v) is 5.29. The van der Waals surface area contributed by atoms with E-state index in [-0.39, 0.29) is 11.5 Å². The highest BCUT2D eigenvalue weighted by atomic mass is 32.2. The first kappa shape index (κ1) is 17.0. The molecule has 0 aromatic heterocycles. The predicted molar refractivity (Wildman–Crippen MR) is 82.8 cm³/mol. The average Bonchev–Trinajstić information content (AvgIpc) is 2.46. The fraction of sp³-hybridized carbons (Fsp3) is 0.600. The molecule has 0 heterocycles.